The van der Waals surface area contributed by atoms with Crippen molar-refractivity contribution in [2.45, 2.75) is 11.0 Å². The number of ether oxygens (including phenoxy) is 2. The molecule has 1 unspecified atom stereocenters. The van der Waals surface area contributed by atoms with Gasteiger partial charge in [-0.3, -0.25) is 10.1 Å². The van der Waals surface area contributed by atoms with Gasteiger partial charge in [-0.15, -0.1) is 0 Å². The first-order chi connectivity index (χ1) is 14.5. The number of epoxide rings is 1. The number of nitro groups is 1. The molecule has 3 aromatic rings. The average molecular weight is 426 g/mol. The number of hydrogen-bond donors (Lipinski definition) is 0. The van der Waals surface area contributed by atoms with Gasteiger partial charge in [0.2, 0.25) is 0 Å². The van der Waals surface area contributed by atoms with Crippen molar-refractivity contribution in [1.29, 1.82) is 0 Å². The summed E-state index contributed by atoms with van der Waals surface area (Å²) in [6.07, 6.45) is -0.0658. The van der Waals surface area contributed by atoms with E-state index in [1.165, 1.54) is 30.3 Å². The van der Waals surface area contributed by atoms with Crippen LogP contribution >= 0.6 is 0 Å². The van der Waals surface area contributed by atoms with Crippen LogP contribution in [0.15, 0.2) is 83.8 Å². The molecule has 4 rings (SSSR count). The number of non-ortho nitro benzene ring substituents is 1. The third-order valence-electron chi connectivity index (χ3n) is 4.47. The van der Waals surface area contributed by atoms with Crippen molar-refractivity contribution >= 4 is 27.1 Å². The van der Waals surface area contributed by atoms with Gasteiger partial charge in [0, 0.05) is 12.1 Å². The quantitative estimate of drug-likeness (QED) is 0.308. The molecule has 1 atom stereocenters. The lowest BCUT2D eigenvalue weighted by Crippen LogP contribution is -2.27. The number of sulfonamides is 1. The Bertz CT molecular complexity index is 1150. The Balaban J connectivity index is 1.90. The fraction of sp³-hybridized carbons (Fsp3) is 0.143. The molecule has 0 aromatic heterocycles. The largest absolute Gasteiger partial charge is 0.489 e. The van der Waals surface area contributed by atoms with Crippen LogP contribution in [0.5, 0.6) is 5.75 Å². The normalized spacial score (nSPS) is 15.4. The number of benzene rings is 3. The van der Waals surface area contributed by atoms with E-state index >= 15 is 0 Å². The predicted molar refractivity (Wildman–Crippen MR) is 111 cm³/mol. The van der Waals surface area contributed by atoms with Crippen molar-refractivity contribution in [3.8, 4) is 5.75 Å². The summed E-state index contributed by atoms with van der Waals surface area (Å²) in [6.45, 7) is 0.784. The van der Waals surface area contributed by atoms with E-state index in [1.807, 2.05) is 0 Å². The number of rotatable bonds is 8. The van der Waals surface area contributed by atoms with Crippen LogP contribution in [0.4, 0.5) is 17.1 Å². The van der Waals surface area contributed by atoms with Gasteiger partial charge in [0.05, 0.1) is 22.1 Å². The third-order valence-corrected chi connectivity index (χ3v) is 6.23. The van der Waals surface area contributed by atoms with E-state index in [-0.39, 0.29) is 34.7 Å². The molecule has 0 spiro atoms. The van der Waals surface area contributed by atoms with Crippen LogP contribution in [0.1, 0.15) is 0 Å². The minimum absolute atomic E-state index is 0.0526. The Labute approximate surface area is 173 Å². The van der Waals surface area contributed by atoms with E-state index in [4.69, 9.17) is 9.47 Å². The average Bonchev–Trinajstić information content (AvgIpc) is 3.58. The Morgan fingerprint density at radius 2 is 1.67 bits per heavy atom. The van der Waals surface area contributed by atoms with Crippen molar-refractivity contribution in [2.75, 3.05) is 17.5 Å². The van der Waals surface area contributed by atoms with Gasteiger partial charge < -0.3 is 9.47 Å². The number of nitrogens with zero attached hydrogens (tertiary/aromatic N) is 2. The lowest BCUT2D eigenvalue weighted by molar-refractivity contribution is -0.384. The summed E-state index contributed by atoms with van der Waals surface area (Å²) in [5.74, 6) is 0.208. The molecule has 1 heterocycles. The molecule has 154 valence electrons. The molecule has 3 aromatic carbocycles. The summed E-state index contributed by atoms with van der Waals surface area (Å²) < 4.78 is 39.2. The van der Waals surface area contributed by atoms with E-state index in [9.17, 15) is 18.5 Å². The van der Waals surface area contributed by atoms with Crippen LogP contribution in [-0.2, 0) is 14.8 Å². The van der Waals surface area contributed by atoms with Crippen molar-refractivity contribution < 1.29 is 22.8 Å². The summed E-state index contributed by atoms with van der Waals surface area (Å²) in [5, 5.41) is 11.4. The Morgan fingerprint density at radius 1 is 1.03 bits per heavy atom. The van der Waals surface area contributed by atoms with Crippen LogP contribution < -0.4 is 9.04 Å². The number of anilines is 2. The second-order valence-corrected chi connectivity index (χ2v) is 8.38. The van der Waals surface area contributed by atoms with Crippen LogP contribution in [0.3, 0.4) is 0 Å². The molecule has 30 heavy (non-hydrogen) atoms. The summed E-state index contributed by atoms with van der Waals surface area (Å²) in [5.41, 5.74) is 0.137. The molecule has 0 aliphatic carbocycles. The van der Waals surface area contributed by atoms with E-state index in [0.717, 1.165) is 4.31 Å². The third kappa shape index (κ3) is 4.12. The van der Waals surface area contributed by atoms with Gasteiger partial charge in [-0.1, -0.05) is 36.4 Å². The zero-order chi connectivity index (χ0) is 21.1. The minimum atomic E-state index is -4.10. The van der Waals surface area contributed by atoms with Crippen LogP contribution in [0, 0.1) is 10.1 Å². The zero-order valence-electron chi connectivity index (χ0n) is 15.7. The van der Waals surface area contributed by atoms with Gasteiger partial charge in [-0.05, 0) is 30.3 Å². The monoisotopic (exact) mass is 426 g/mol. The Kier molecular flexibility index (Phi) is 5.39. The maximum atomic E-state index is 13.6. The Hall–Kier alpha value is -3.43. The highest BCUT2D eigenvalue weighted by Crippen LogP contribution is 2.40. The molecule has 0 bridgehead atoms. The first kappa shape index (κ1) is 19.9. The van der Waals surface area contributed by atoms with Crippen molar-refractivity contribution in [2.24, 2.45) is 0 Å². The standard InChI is InChI=1S/C21H18N2O6S/c24-23(25)17-11-12-21(29-15-18-14-28-18)20(13-17)22(16-7-3-1-4-8-16)30(26,27)19-9-5-2-6-10-19/h1-13,18H,14-15H2. The second kappa shape index (κ2) is 8.13. The van der Waals surface area contributed by atoms with E-state index in [1.54, 1.807) is 48.5 Å². The fourth-order valence-corrected chi connectivity index (χ4v) is 4.43. The SMILES string of the molecule is O=[N+]([O-])c1ccc(OCC2CO2)c(N(c2ccccc2)S(=O)(=O)c2ccccc2)c1. The van der Waals surface area contributed by atoms with Crippen LogP contribution in [0.25, 0.3) is 0 Å². The topological polar surface area (TPSA) is 102 Å². The van der Waals surface area contributed by atoms with Crippen molar-refractivity contribution in [3.05, 3.63) is 89.0 Å². The van der Waals surface area contributed by atoms with Crippen LogP contribution in [-0.4, -0.2) is 32.7 Å². The molecule has 0 amide bonds. The number of para-hydroxylation sites is 1. The van der Waals surface area contributed by atoms with Crippen molar-refractivity contribution in [3.63, 3.8) is 0 Å². The predicted octanol–water partition coefficient (Wildman–Crippen LogP) is 3.90. The highest BCUT2D eigenvalue weighted by Gasteiger charge is 2.31. The van der Waals surface area contributed by atoms with Gasteiger partial charge in [0.1, 0.15) is 24.1 Å². The Morgan fingerprint density at radius 3 is 2.27 bits per heavy atom. The summed E-state index contributed by atoms with van der Waals surface area (Å²) in [7, 11) is -4.10. The minimum Gasteiger partial charge on any atom is -0.489 e. The maximum Gasteiger partial charge on any atom is 0.271 e. The zero-order valence-corrected chi connectivity index (χ0v) is 16.6. The molecule has 1 aliphatic rings. The molecule has 0 N–H and O–H groups in total. The van der Waals surface area contributed by atoms with Crippen LogP contribution in [0.2, 0.25) is 0 Å². The lowest BCUT2D eigenvalue weighted by Gasteiger charge is -2.26. The molecular formula is C21H18N2O6S. The summed E-state index contributed by atoms with van der Waals surface area (Å²) in [6, 6.07) is 20.2. The molecule has 0 saturated carbocycles. The first-order valence-electron chi connectivity index (χ1n) is 9.15. The molecule has 8 nitrogen and oxygen atoms in total. The smallest absolute Gasteiger partial charge is 0.271 e. The van der Waals surface area contributed by atoms with Gasteiger partial charge in [-0.25, -0.2) is 12.7 Å². The van der Waals surface area contributed by atoms with Gasteiger partial charge in [0.25, 0.3) is 15.7 Å². The maximum absolute atomic E-state index is 13.6. The highest BCUT2D eigenvalue weighted by molar-refractivity contribution is 7.93. The van der Waals surface area contributed by atoms with E-state index in [2.05, 4.69) is 0 Å². The molecule has 1 fully saturated rings. The van der Waals surface area contributed by atoms with Gasteiger partial charge in [-0.2, -0.15) is 0 Å². The van der Waals surface area contributed by atoms with Gasteiger partial charge >= 0.3 is 0 Å². The second-order valence-electron chi connectivity index (χ2n) is 6.59. The molecule has 1 saturated heterocycles. The summed E-state index contributed by atoms with van der Waals surface area (Å²) >= 11 is 0. The van der Waals surface area contributed by atoms with Gasteiger partial charge in [0.15, 0.2) is 0 Å². The highest BCUT2D eigenvalue weighted by atomic mass is 32.2. The van der Waals surface area contributed by atoms with E-state index in [0.29, 0.717) is 12.3 Å². The summed E-state index contributed by atoms with van der Waals surface area (Å²) in [4.78, 5) is 10.9. The fourth-order valence-electron chi connectivity index (χ4n) is 2.92. The first-order valence-corrected chi connectivity index (χ1v) is 10.6. The molecule has 0 radical (unpaired) electrons. The van der Waals surface area contributed by atoms with E-state index < -0.39 is 14.9 Å². The lowest BCUT2D eigenvalue weighted by atomic mass is 10.2. The number of nitro benzene ring substituents is 1. The number of hydrogen-bond acceptors (Lipinski definition) is 6. The molecule has 1 aliphatic heterocycles. The van der Waals surface area contributed by atoms with Crippen molar-refractivity contribution in [1.82, 2.24) is 0 Å². The molecular weight excluding hydrogens is 408 g/mol. The molecule has 9 heteroatoms.